The minimum Gasteiger partial charge on any atom is -0.206 e. The standard InChI is InChI=1S/C8H6Br3F/c9-3-5-1-7(11)8(12)2-6(5)4-10/h1-2H,3-4H2. The van der Waals surface area contributed by atoms with Gasteiger partial charge >= 0.3 is 0 Å². The Labute approximate surface area is 95.9 Å². The Morgan fingerprint density at radius 3 is 2.08 bits per heavy atom. The van der Waals surface area contributed by atoms with E-state index in [1.54, 1.807) is 6.07 Å². The molecule has 0 heterocycles. The zero-order valence-electron chi connectivity index (χ0n) is 6.08. The highest BCUT2D eigenvalue weighted by Crippen LogP contribution is 2.24. The quantitative estimate of drug-likeness (QED) is 0.687. The van der Waals surface area contributed by atoms with Crippen molar-refractivity contribution in [2.45, 2.75) is 10.7 Å². The van der Waals surface area contributed by atoms with E-state index in [4.69, 9.17) is 0 Å². The third-order valence-electron chi connectivity index (χ3n) is 1.53. The number of halogens is 4. The summed E-state index contributed by atoms with van der Waals surface area (Å²) in [6.07, 6.45) is 0. The van der Waals surface area contributed by atoms with Crippen LogP contribution in [0.5, 0.6) is 0 Å². The molecule has 1 rings (SSSR count). The molecule has 0 nitrogen and oxygen atoms in total. The zero-order chi connectivity index (χ0) is 9.14. The van der Waals surface area contributed by atoms with Gasteiger partial charge in [0.15, 0.2) is 0 Å². The Balaban J connectivity index is 3.19. The SMILES string of the molecule is Fc1cc(CBr)c(CBr)cc1Br. The Hall–Kier alpha value is 0.590. The highest BCUT2D eigenvalue weighted by Gasteiger charge is 2.05. The van der Waals surface area contributed by atoms with Gasteiger partial charge in [0, 0.05) is 10.7 Å². The van der Waals surface area contributed by atoms with Gasteiger partial charge in [-0.05, 0) is 39.2 Å². The molecule has 0 saturated carbocycles. The molecule has 0 aromatic heterocycles. The average Bonchev–Trinajstić information content (AvgIpc) is 2.09. The minimum atomic E-state index is -0.214. The molecule has 12 heavy (non-hydrogen) atoms. The summed E-state index contributed by atoms with van der Waals surface area (Å²) >= 11 is 9.79. The number of alkyl halides is 2. The van der Waals surface area contributed by atoms with Crippen LogP contribution in [0.4, 0.5) is 4.39 Å². The van der Waals surface area contributed by atoms with E-state index in [0.29, 0.717) is 9.80 Å². The van der Waals surface area contributed by atoms with Crippen molar-refractivity contribution >= 4 is 47.8 Å². The maximum absolute atomic E-state index is 13.0. The predicted octanol–water partition coefficient (Wildman–Crippen LogP) is 4.38. The van der Waals surface area contributed by atoms with Crippen LogP contribution in [-0.4, -0.2) is 0 Å². The maximum atomic E-state index is 13.0. The molecule has 0 N–H and O–H groups in total. The van der Waals surface area contributed by atoms with E-state index in [1.165, 1.54) is 6.07 Å². The second kappa shape index (κ2) is 4.72. The molecule has 66 valence electrons. The molecule has 0 atom stereocenters. The molecule has 0 saturated heterocycles. The summed E-state index contributed by atoms with van der Waals surface area (Å²) in [5.41, 5.74) is 2.08. The monoisotopic (exact) mass is 358 g/mol. The first kappa shape index (κ1) is 10.7. The van der Waals surface area contributed by atoms with E-state index in [9.17, 15) is 4.39 Å². The van der Waals surface area contributed by atoms with Crippen molar-refractivity contribution in [2.24, 2.45) is 0 Å². The van der Waals surface area contributed by atoms with Crippen molar-refractivity contribution in [2.75, 3.05) is 0 Å². The Morgan fingerprint density at radius 2 is 1.58 bits per heavy atom. The van der Waals surface area contributed by atoms with Crippen molar-refractivity contribution in [3.8, 4) is 0 Å². The van der Waals surface area contributed by atoms with Crippen LogP contribution in [0.15, 0.2) is 16.6 Å². The van der Waals surface area contributed by atoms with E-state index < -0.39 is 0 Å². The van der Waals surface area contributed by atoms with Crippen LogP contribution >= 0.6 is 47.8 Å². The summed E-state index contributed by atoms with van der Waals surface area (Å²) in [4.78, 5) is 0. The fraction of sp³-hybridized carbons (Fsp3) is 0.250. The zero-order valence-corrected chi connectivity index (χ0v) is 10.8. The van der Waals surface area contributed by atoms with E-state index >= 15 is 0 Å². The van der Waals surface area contributed by atoms with Gasteiger partial charge in [0.05, 0.1) is 4.47 Å². The molecule has 0 aliphatic heterocycles. The first-order chi connectivity index (χ1) is 5.69. The van der Waals surface area contributed by atoms with Gasteiger partial charge in [-0.25, -0.2) is 4.39 Å². The minimum absolute atomic E-state index is 0.214. The van der Waals surface area contributed by atoms with Gasteiger partial charge in [-0.15, -0.1) is 0 Å². The molecule has 0 spiro atoms. The van der Waals surface area contributed by atoms with Crippen molar-refractivity contribution in [1.29, 1.82) is 0 Å². The predicted molar refractivity (Wildman–Crippen MR) is 59.4 cm³/mol. The van der Waals surface area contributed by atoms with Crippen LogP contribution < -0.4 is 0 Å². The van der Waals surface area contributed by atoms with Gasteiger partial charge in [0.2, 0.25) is 0 Å². The lowest BCUT2D eigenvalue weighted by Crippen LogP contribution is -1.90. The van der Waals surface area contributed by atoms with Crippen molar-refractivity contribution in [3.63, 3.8) is 0 Å². The topological polar surface area (TPSA) is 0 Å². The van der Waals surface area contributed by atoms with Gasteiger partial charge in [0.1, 0.15) is 5.82 Å². The summed E-state index contributed by atoms with van der Waals surface area (Å²) in [6, 6.07) is 3.33. The number of hydrogen-bond donors (Lipinski definition) is 0. The van der Waals surface area contributed by atoms with Crippen LogP contribution in [-0.2, 0) is 10.7 Å². The molecule has 0 unspecified atom stereocenters. The maximum Gasteiger partial charge on any atom is 0.137 e. The molecule has 0 radical (unpaired) electrons. The van der Waals surface area contributed by atoms with Crippen LogP contribution in [0.25, 0.3) is 0 Å². The molecule has 0 fully saturated rings. The molecule has 0 bridgehead atoms. The summed E-state index contributed by atoms with van der Waals surface area (Å²) in [6.45, 7) is 0. The molecule has 0 aliphatic carbocycles. The third-order valence-corrected chi connectivity index (χ3v) is 3.35. The fourth-order valence-corrected chi connectivity index (χ4v) is 2.31. The molecule has 0 amide bonds. The van der Waals surface area contributed by atoms with Crippen LogP contribution in [0.3, 0.4) is 0 Å². The molecule has 1 aromatic rings. The van der Waals surface area contributed by atoms with Gasteiger partial charge in [-0.2, -0.15) is 0 Å². The Morgan fingerprint density at radius 1 is 1.08 bits per heavy atom. The van der Waals surface area contributed by atoms with Crippen LogP contribution in [0.1, 0.15) is 11.1 Å². The summed E-state index contributed by atoms with van der Waals surface area (Å²) in [5, 5.41) is 1.42. The van der Waals surface area contributed by atoms with E-state index in [2.05, 4.69) is 47.8 Å². The lowest BCUT2D eigenvalue weighted by molar-refractivity contribution is 0.619. The Bertz CT molecular complexity index is 257. The van der Waals surface area contributed by atoms with Crippen LogP contribution in [0, 0.1) is 5.82 Å². The van der Waals surface area contributed by atoms with E-state index in [-0.39, 0.29) is 5.82 Å². The first-order valence-corrected chi connectivity index (χ1v) is 6.31. The Kier molecular flexibility index (Phi) is 4.20. The second-order valence-electron chi connectivity index (χ2n) is 2.30. The molecule has 1 aromatic carbocycles. The summed E-state index contributed by atoms with van der Waals surface area (Å²) < 4.78 is 13.5. The van der Waals surface area contributed by atoms with Gasteiger partial charge in [-0.1, -0.05) is 31.9 Å². The molecule has 0 aliphatic rings. The highest BCUT2D eigenvalue weighted by atomic mass is 79.9. The molecular formula is C8H6Br3F. The van der Waals surface area contributed by atoms with Gasteiger partial charge < -0.3 is 0 Å². The smallest absolute Gasteiger partial charge is 0.137 e. The largest absolute Gasteiger partial charge is 0.206 e. The second-order valence-corrected chi connectivity index (χ2v) is 4.28. The summed E-state index contributed by atoms with van der Waals surface area (Å²) in [5.74, 6) is -0.214. The molecule has 4 heteroatoms. The van der Waals surface area contributed by atoms with Gasteiger partial charge in [-0.3, -0.25) is 0 Å². The third kappa shape index (κ3) is 2.30. The lowest BCUT2D eigenvalue weighted by atomic mass is 10.1. The molecular weight excluding hydrogens is 355 g/mol. The normalized spacial score (nSPS) is 10.3. The average molecular weight is 361 g/mol. The fourth-order valence-electron chi connectivity index (χ4n) is 0.878. The number of benzene rings is 1. The van der Waals surface area contributed by atoms with Crippen molar-refractivity contribution in [3.05, 3.63) is 33.5 Å². The van der Waals surface area contributed by atoms with Crippen molar-refractivity contribution in [1.82, 2.24) is 0 Å². The summed E-state index contributed by atoms with van der Waals surface area (Å²) in [7, 11) is 0. The van der Waals surface area contributed by atoms with E-state index in [1.807, 2.05) is 0 Å². The van der Waals surface area contributed by atoms with Gasteiger partial charge in [0.25, 0.3) is 0 Å². The van der Waals surface area contributed by atoms with Crippen molar-refractivity contribution < 1.29 is 4.39 Å². The lowest BCUT2D eigenvalue weighted by Gasteiger charge is -2.05. The van der Waals surface area contributed by atoms with E-state index in [0.717, 1.165) is 16.5 Å². The first-order valence-electron chi connectivity index (χ1n) is 3.27. The highest BCUT2D eigenvalue weighted by molar-refractivity contribution is 9.10. The number of hydrogen-bond acceptors (Lipinski definition) is 0. The number of rotatable bonds is 2. The van der Waals surface area contributed by atoms with Crippen LogP contribution in [0.2, 0.25) is 0 Å².